The van der Waals surface area contributed by atoms with Crippen LogP contribution >= 0.6 is 0 Å². The van der Waals surface area contributed by atoms with Crippen LogP contribution in [0.3, 0.4) is 0 Å². The summed E-state index contributed by atoms with van der Waals surface area (Å²) in [4.78, 5) is 37.2. The summed E-state index contributed by atoms with van der Waals surface area (Å²) in [5.41, 5.74) is -1.88. The normalized spacial score (nSPS) is 10.8. The summed E-state index contributed by atoms with van der Waals surface area (Å²) in [7, 11) is 3.80. The number of nitrogens with zero attached hydrogens (tertiary/aromatic N) is 2. The number of hydrogen-bond acceptors (Lipinski definition) is 4. The van der Waals surface area contributed by atoms with Crippen LogP contribution in [0.2, 0.25) is 0 Å². The molecular formula is C10H15N3O4. The SMILES string of the molecule is CN(C)CCCn1cc(C(=O)O)c(=O)[nH]c1=O. The lowest BCUT2D eigenvalue weighted by molar-refractivity contribution is 0.0693. The maximum absolute atomic E-state index is 11.4. The molecule has 0 radical (unpaired) electrons. The summed E-state index contributed by atoms with van der Waals surface area (Å²) in [5.74, 6) is -1.34. The van der Waals surface area contributed by atoms with Crippen molar-refractivity contribution in [2.75, 3.05) is 20.6 Å². The van der Waals surface area contributed by atoms with Gasteiger partial charge in [0.15, 0.2) is 0 Å². The predicted molar refractivity (Wildman–Crippen MR) is 61.5 cm³/mol. The number of aromatic nitrogens is 2. The Balaban J connectivity index is 2.93. The molecule has 0 aliphatic heterocycles. The van der Waals surface area contributed by atoms with Gasteiger partial charge in [-0.05, 0) is 27.1 Å². The number of H-pyrrole nitrogens is 1. The first kappa shape index (κ1) is 13.2. The summed E-state index contributed by atoms with van der Waals surface area (Å²) in [6.45, 7) is 1.14. The van der Waals surface area contributed by atoms with Crippen LogP contribution in [0.4, 0.5) is 0 Å². The van der Waals surface area contributed by atoms with E-state index in [0.717, 1.165) is 12.7 Å². The molecule has 1 heterocycles. The minimum absolute atomic E-state index is 0.369. The fourth-order valence-electron chi connectivity index (χ4n) is 1.39. The van der Waals surface area contributed by atoms with Crippen LogP contribution < -0.4 is 11.2 Å². The lowest BCUT2D eigenvalue weighted by atomic mass is 10.3. The molecule has 2 N–H and O–H groups in total. The highest BCUT2D eigenvalue weighted by Crippen LogP contribution is 1.91. The zero-order valence-electron chi connectivity index (χ0n) is 9.77. The molecule has 0 aliphatic carbocycles. The molecule has 17 heavy (non-hydrogen) atoms. The number of aryl methyl sites for hydroxylation is 1. The van der Waals surface area contributed by atoms with Crippen molar-refractivity contribution >= 4 is 5.97 Å². The first-order chi connectivity index (χ1) is 7.91. The van der Waals surface area contributed by atoms with Crippen LogP contribution in [0.1, 0.15) is 16.8 Å². The third-order valence-electron chi connectivity index (χ3n) is 2.25. The van der Waals surface area contributed by atoms with Crippen molar-refractivity contribution in [3.8, 4) is 0 Å². The molecular weight excluding hydrogens is 226 g/mol. The molecule has 0 atom stereocenters. The number of aromatic carboxylic acids is 1. The van der Waals surface area contributed by atoms with Crippen molar-refractivity contribution in [2.45, 2.75) is 13.0 Å². The Bertz CT molecular complexity index is 515. The molecule has 0 bridgehead atoms. The van der Waals surface area contributed by atoms with Crippen molar-refractivity contribution in [2.24, 2.45) is 0 Å². The smallest absolute Gasteiger partial charge is 0.342 e. The number of rotatable bonds is 5. The van der Waals surface area contributed by atoms with E-state index in [4.69, 9.17) is 5.11 Å². The largest absolute Gasteiger partial charge is 0.477 e. The van der Waals surface area contributed by atoms with E-state index in [2.05, 4.69) is 0 Å². The van der Waals surface area contributed by atoms with Crippen LogP contribution in [0.25, 0.3) is 0 Å². The van der Waals surface area contributed by atoms with E-state index in [0.29, 0.717) is 13.0 Å². The van der Waals surface area contributed by atoms with E-state index in [1.807, 2.05) is 24.0 Å². The highest BCUT2D eigenvalue weighted by atomic mass is 16.4. The van der Waals surface area contributed by atoms with E-state index < -0.39 is 22.8 Å². The first-order valence-electron chi connectivity index (χ1n) is 5.13. The minimum Gasteiger partial charge on any atom is -0.477 e. The van der Waals surface area contributed by atoms with Crippen LogP contribution in [0, 0.1) is 0 Å². The van der Waals surface area contributed by atoms with Gasteiger partial charge < -0.3 is 10.0 Å². The standard InChI is InChI=1S/C10H15N3O4/c1-12(2)4-3-5-13-6-7(9(15)16)8(14)11-10(13)17/h6H,3-5H2,1-2H3,(H,15,16)(H,11,14,17). The van der Waals surface area contributed by atoms with Gasteiger partial charge in [0.2, 0.25) is 0 Å². The van der Waals surface area contributed by atoms with E-state index in [9.17, 15) is 14.4 Å². The van der Waals surface area contributed by atoms with Gasteiger partial charge in [-0.25, -0.2) is 9.59 Å². The topological polar surface area (TPSA) is 95.4 Å². The molecule has 0 spiro atoms. The van der Waals surface area contributed by atoms with Gasteiger partial charge in [0, 0.05) is 12.7 Å². The average molecular weight is 241 g/mol. The van der Waals surface area contributed by atoms with E-state index in [1.54, 1.807) is 0 Å². The minimum atomic E-state index is -1.34. The number of carbonyl (C=O) groups is 1. The lowest BCUT2D eigenvalue weighted by Crippen LogP contribution is -2.33. The molecule has 0 aromatic carbocycles. The molecule has 0 saturated carbocycles. The molecule has 94 valence electrons. The molecule has 7 heteroatoms. The van der Waals surface area contributed by atoms with Crippen molar-refractivity contribution in [3.05, 3.63) is 32.6 Å². The summed E-state index contributed by atoms with van der Waals surface area (Å²) in [5, 5.41) is 8.75. The molecule has 0 aliphatic rings. The molecule has 1 rings (SSSR count). The Kier molecular flexibility index (Phi) is 4.22. The number of carboxylic acids is 1. The van der Waals surface area contributed by atoms with Gasteiger partial charge in [-0.1, -0.05) is 0 Å². The summed E-state index contributed by atoms with van der Waals surface area (Å²) in [6, 6.07) is 0. The fraction of sp³-hybridized carbons (Fsp3) is 0.500. The van der Waals surface area contributed by atoms with Gasteiger partial charge in [-0.15, -0.1) is 0 Å². The molecule has 0 saturated heterocycles. The van der Waals surface area contributed by atoms with Crippen LogP contribution in [-0.2, 0) is 6.54 Å². The molecule has 0 amide bonds. The zero-order valence-corrected chi connectivity index (χ0v) is 9.77. The quantitative estimate of drug-likeness (QED) is 0.702. The van der Waals surface area contributed by atoms with Crippen LogP contribution in [0.15, 0.2) is 15.8 Å². The second-order valence-corrected chi connectivity index (χ2v) is 3.96. The van der Waals surface area contributed by atoms with Gasteiger partial charge in [0.05, 0.1) is 0 Å². The van der Waals surface area contributed by atoms with Gasteiger partial charge in [0.1, 0.15) is 5.56 Å². The predicted octanol–water partition coefficient (Wildman–Crippen LogP) is -0.813. The number of hydrogen-bond donors (Lipinski definition) is 2. The Morgan fingerprint density at radius 1 is 1.47 bits per heavy atom. The van der Waals surface area contributed by atoms with Gasteiger partial charge in [0.25, 0.3) is 5.56 Å². The molecule has 1 aromatic rings. The van der Waals surface area contributed by atoms with E-state index >= 15 is 0 Å². The van der Waals surface area contributed by atoms with Crippen LogP contribution in [-0.4, -0.2) is 46.2 Å². The molecule has 0 unspecified atom stereocenters. The van der Waals surface area contributed by atoms with E-state index in [1.165, 1.54) is 4.57 Å². The van der Waals surface area contributed by atoms with E-state index in [-0.39, 0.29) is 0 Å². The molecule has 0 fully saturated rings. The molecule has 7 nitrogen and oxygen atoms in total. The van der Waals surface area contributed by atoms with Crippen molar-refractivity contribution < 1.29 is 9.90 Å². The molecule has 1 aromatic heterocycles. The van der Waals surface area contributed by atoms with Crippen molar-refractivity contribution in [3.63, 3.8) is 0 Å². The zero-order chi connectivity index (χ0) is 13.0. The second kappa shape index (κ2) is 5.44. The maximum Gasteiger partial charge on any atom is 0.342 e. The Morgan fingerprint density at radius 2 is 2.12 bits per heavy atom. The number of carboxylic acid groups (broad SMARTS) is 1. The fourth-order valence-corrected chi connectivity index (χ4v) is 1.39. The Labute approximate surface area is 97.3 Å². The summed E-state index contributed by atoms with van der Waals surface area (Å²) < 4.78 is 1.20. The monoisotopic (exact) mass is 241 g/mol. The third-order valence-corrected chi connectivity index (χ3v) is 2.25. The third kappa shape index (κ3) is 3.56. The second-order valence-electron chi connectivity index (χ2n) is 3.96. The number of nitrogens with one attached hydrogen (secondary N) is 1. The number of aromatic amines is 1. The van der Waals surface area contributed by atoms with Crippen LogP contribution in [0.5, 0.6) is 0 Å². The van der Waals surface area contributed by atoms with Gasteiger partial charge in [-0.2, -0.15) is 0 Å². The van der Waals surface area contributed by atoms with Crippen molar-refractivity contribution in [1.29, 1.82) is 0 Å². The van der Waals surface area contributed by atoms with Gasteiger partial charge in [-0.3, -0.25) is 14.3 Å². The lowest BCUT2D eigenvalue weighted by Gasteiger charge is -2.10. The summed E-state index contributed by atoms with van der Waals surface area (Å²) >= 11 is 0. The van der Waals surface area contributed by atoms with Crippen molar-refractivity contribution in [1.82, 2.24) is 14.5 Å². The average Bonchev–Trinajstić information content (AvgIpc) is 2.20. The Hall–Kier alpha value is -1.89. The summed E-state index contributed by atoms with van der Waals surface area (Å²) in [6.07, 6.45) is 1.77. The highest BCUT2D eigenvalue weighted by Gasteiger charge is 2.11. The maximum atomic E-state index is 11.4. The first-order valence-corrected chi connectivity index (χ1v) is 5.13. The Morgan fingerprint density at radius 3 is 2.65 bits per heavy atom. The van der Waals surface area contributed by atoms with Gasteiger partial charge >= 0.3 is 11.7 Å². The highest BCUT2D eigenvalue weighted by molar-refractivity contribution is 5.86.